The monoisotopic (exact) mass is 301 g/mol. The molecule has 5 nitrogen and oxygen atoms in total. The number of hydrogen-bond donors (Lipinski definition) is 1. The molecule has 1 spiro atoms. The molecule has 1 unspecified atom stereocenters. The fourth-order valence-electron chi connectivity index (χ4n) is 4.71. The smallest absolute Gasteiger partial charge is 0.164 e. The second kappa shape index (κ2) is 4.51. The van der Waals surface area contributed by atoms with E-state index >= 15 is 0 Å². The molecule has 4 aliphatic rings. The molecule has 3 aliphatic heterocycles. The number of rotatable bonds is 0. The van der Waals surface area contributed by atoms with Gasteiger partial charge >= 0.3 is 0 Å². The number of carbonyl (C=O) groups is 1. The van der Waals surface area contributed by atoms with Crippen LogP contribution in [0.25, 0.3) is 0 Å². The first kappa shape index (κ1) is 14.1. The highest BCUT2D eigenvalue weighted by Crippen LogP contribution is 2.57. The zero-order valence-electron chi connectivity index (χ0n) is 13.5. The summed E-state index contributed by atoms with van der Waals surface area (Å²) in [6, 6.07) is 0. The highest BCUT2D eigenvalue weighted by molar-refractivity contribution is 6.00. The Morgan fingerprint density at radius 1 is 1.36 bits per heavy atom. The average molecular weight is 301 g/mol. The Hall–Kier alpha value is -1.49. The lowest BCUT2D eigenvalue weighted by molar-refractivity contribution is -0.121. The van der Waals surface area contributed by atoms with Gasteiger partial charge < -0.3 is 10.1 Å². The van der Waals surface area contributed by atoms with E-state index in [4.69, 9.17) is 4.74 Å². The van der Waals surface area contributed by atoms with Crippen molar-refractivity contribution < 1.29 is 9.53 Å². The molecule has 0 aromatic carbocycles. The summed E-state index contributed by atoms with van der Waals surface area (Å²) in [6.07, 6.45) is 4.16. The second-order valence-electron chi connectivity index (χ2n) is 7.85. The fourth-order valence-corrected chi connectivity index (χ4v) is 4.71. The Kier molecular flexibility index (Phi) is 2.89. The van der Waals surface area contributed by atoms with Crippen LogP contribution in [0.5, 0.6) is 0 Å². The maximum Gasteiger partial charge on any atom is 0.164 e. The number of nitrogens with one attached hydrogen (secondary N) is 1. The Balaban J connectivity index is 1.91. The van der Waals surface area contributed by atoms with Crippen LogP contribution in [0.2, 0.25) is 0 Å². The Morgan fingerprint density at radius 2 is 2.18 bits per heavy atom. The van der Waals surface area contributed by atoms with E-state index in [0.29, 0.717) is 25.4 Å². The van der Waals surface area contributed by atoms with Crippen molar-refractivity contribution >= 4 is 5.78 Å². The third kappa shape index (κ3) is 1.78. The van der Waals surface area contributed by atoms with Crippen molar-refractivity contribution in [3.8, 4) is 0 Å². The van der Waals surface area contributed by atoms with E-state index in [2.05, 4.69) is 36.3 Å². The lowest BCUT2D eigenvalue weighted by Gasteiger charge is -2.52. The van der Waals surface area contributed by atoms with Crippen LogP contribution in [-0.4, -0.2) is 25.2 Å². The third-order valence-corrected chi connectivity index (χ3v) is 5.67. The molecule has 4 rings (SSSR count). The van der Waals surface area contributed by atoms with Gasteiger partial charge in [-0.1, -0.05) is 20.8 Å². The number of ketones is 1. The van der Waals surface area contributed by atoms with Crippen LogP contribution in [-0.2, 0) is 9.53 Å². The predicted molar refractivity (Wildman–Crippen MR) is 81.9 cm³/mol. The molecule has 22 heavy (non-hydrogen) atoms. The van der Waals surface area contributed by atoms with Crippen LogP contribution in [0.3, 0.4) is 0 Å². The quantitative estimate of drug-likeness (QED) is 0.748. The first-order chi connectivity index (χ1) is 10.4. The van der Waals surface area contributed by atoms with Gasteiger partial charge in [0.1, 0.15) is 0 Å². The number of carbonyl (C=O) groups excluding carboxylic acids is 1. The maximum atomic E-state index is 13.0. The molecule has 5 heteroatoms. The van der Waals surface area contributed by atoms with Crippen molar-refractivity contribution in [2.75, 3.05) is 13.2 Å². The van der Waals surface area contributed by atoms with Crippen molar-refractivity contribution in [1.29, 1.82) is 0 Å². The van der Waals surface area contributed by atoms with Crippen LogP contribution in [0, 0.1) is 16.7 Å². The van der Waals surface area contributed by atoms with E-state index in [1.807, 2.05) is 6.20 Å². The molecule has 0 saturated carbocycles. The molecule has 1 N–H and O–H groups in total. The van der Waals surface area contributed by atoms with Crippen LogP contribution in [0.1, 0.15) is 40.0 Å². The molecule has 3 atom stereocenters. The predicted octanol–water partition coefficient (Wildman–Crippen LogP) is 2.95. The van der Waals surface area contributed by atoms with Crippen molar-refractivity contribution in [3.63, 3.8) is 0 Å². The molecule has 0 aromatic rings. The summed E-state index contributed by atoms with van der Waals surface area (Å²) in [7, 11) is 0. The second-order valence-corrected chi connectivity index (χ2v) is 7.85. The first-order valence-corrected chi connectivity index (χ1v) is 8.16. The third-order valence-electron chi connectivity index (χ3n) is 5.67. The minimum absolute atomic E-state index is 0.00940. The number of azo groups is 1. The molecular formula is C17H23N3O2. The van der Waals surface area contributed by atoms with Gasteiger partial charge in [0.15, 0.2) is 11.9 Å². The largest absolute Gasteiger partial charge is 0.381 e. The van der Waals surface area contributed by atoms with Gasteiger partial charge in [-0.2, -0.15) is 10.2 Å². The normalized spacial score (nSPS) is 39.4. The minimum atomic E-state index is -0.236. The summed E-state index contributed by atoms with van der Waals surface area (Å²) in [6.45, 7) is 7.91. The number of fused-ring (bicyclic) bond motifs is 3. The van der Waals surface area contributed by atoms with Gasteiger partial charge in [0.25, 0.3) is 0 Å². The lowest BCUT2D eigenvalue weighted by Crippen LogP contribution is -2.54. The van der Waals surface area contributed by atoms with Crippen LogP contribution in [0.4, 0.5) is 0 Å². The van der Waals surface area contributed by atoms with Gasteiger partial charge in [-0.25, -0.2) is 0 Å². The summed E-state index contributed by atoms with van der Waals surface area (Å²) in [5.41, 5.74) is 3.03. The van der Waals surface area contributed by atoms with Gasteiger partial charge in [0.05, 0.1) is 12.8 Å². The molecule has 1 aliphatic carbocycles. The number of hydrogen-bond acceptors (Lipinski definition) is 5. The van der Waals surface area contributed by atoms with Gasteiger partial charge in [-0.3, -0.25) is 4.79 Å². The number of nitrogens with zero attached hydrogens (tertiary/aromatic N) is 2. The number of ether oxygens (including phenoxy) is 1. The topological polar surface area (TPSA) is 63.1 Å². The molecular weight excluding hydrogens is 278 g/mol. The molecule has 118 valence electrons. The fraction of sp³-hybridized carbons (Fsp3) is 0.706. The Morgan fingerprint density at radius 3 is 2.95 bits per heavy atom. The minimum Gasteiger partial charge on any atom is -0.381 e. The summed E-state index contributed by atoms with van der Waals surface area (Å²) in [5.74, 6) is 0.564. The molecule has 3 heterocycles. The van der Waals surface area contributed by atoms with E-state index in [0.717, 1.165) is 29.7 Å². The van der Waals surface area contributed by atoms with Gasteiger partial charge in [0, 0.05) is 35.3 Å². The van der Waals surface area contributed by atoms with E-state index in [9.17, 15) is 4.79 Å². The molecule has 0 bridgehead atoms. The summed E-state index contributed by atoms with van der Waals surface area (Å²) in [4.78, 5) is 13.0. The van der Waals surface area contributed by atoms with Gasteiger partial charge in [-0.15, -0.1) is 0 Å². The zero-order chi connectivity index (χ0) is 15.5. The summed E-state index contributed by atoms with van der Waals surface area (Å²) < 4.78 is 5.67. The van der Waals surface area contributed by atoms with Crippen LogP contribution >= 0.6 is 0 Å². The van der Waals surface area contributed by atoms with Crippen LogP contribution < -0.4 is 5.32 Å². The molecule has 1 fully saturated rings. The van der Waals surface area contributed by atoms with Crippen molar-refractivity contribution in [2.45, 2.75) is 46.2 Å². The highest BCUT2D eigenvalue weighted by atomic mass is 16.5. The molecule has 0 radical (unpaired) electrons. The molecule has 0 amide bonds. The first-order valence-electron chi connectivity index (χ1n) is 8.16. The zero-order valence-corrected chi connectivity index (χ0v) is 13.5. The maximum absolute atomic E-state index is 13.0. The van der Waals surface area contributed by atoms with Gasteiger partial charge in [0.2, 0.25) is 0 Å². The van der Waals surface area contributed by atoms with Crippen molar-refractivity contribution in [2.24, 2.45) is 27.0 Å². The Labute approximate surface area is 130 Å². The Bertz CT molecular complexity index is 632. The van der Waals surface area contributed by atoms with E-state index in [1.165, 1.54) is 0 Å². The van der Waals surface area contributed by atoms with Gasteiger partial charge in [-0.05, 0) is 24.2 Å². The van der Waals surface area contributed by atoms with Crippen molar-refractivity contribution in [3.05, 3.63) is 23.0 Å². The van der Waals surface area contributed by atoms with E-state index in [1.54, 1.807) is 0 Å². The number of allylic oxidation sites excluding steroid dienone is 2. The van der Waals surface area contributed by atoms with E-state index in [-0.39, 0.29) is 22.9 Å². The highest BCUT2D eigenvalue weighted by Gasteiger charge is 2.56. The van der Waals surface area contributed by atoms with E-state index < -0.39 is 0 Å². The summed E-state index contributed by atoms with van der Waals surface area (Å²) >= 11 is 0. The summed E-state index contributed by atoms with van der Waals surface area (Å²) in [5, 5.41) is 12.0. The average Bonchev–Trinajstić information content (AvgIpc) is 2.88. The SMILES string of the molecule is C[C@@H]1COCC[C@@]12C1=CN=NC1NC1=C2C(=O)CC(C)(C)C1. The standard InChI is InChI=1S/C17H23N3O2/c1-10-9-22-5-4-17(10)11-8-18-20-15(11)19-12-6-16(2,3)7-13(21)14(12)17/h8,10,15,19H,4-7,9H2,1-3H3/t10-,15?,17+/m1/s1. The van der Waals surface area contributed by atoms with Crippen molar-refractivity contribution in [1.82, 2.24) is 5.32 Å². The molecule has 1 saturated heterocycles. The number of Topliss-reactive ketones (excluding diaryl/α,β-unsaturated/α-hetero) is 1. The van der Waals surface area contributed by atoms with Crippen LogP contribution in [0.15, 0.2) is 33.3 Å². The molecule has 0 aromatic heterocycles. The lowest BCUT2D eigenvalue weighted by atomic mass is 9.56.